The van der Waals surface area contributed by atoms with Gasteiger partial charge in [0.15, 0.2) is 0 Å². The predicted molar refractivity (Wildman–Crippen MR) is 333 cm³/mol. The second-order valence-corrected chi connectivity index (χ2v) is 26.0. The molecule has 0 saturated carbocycles. The van der Waals surface area contributed by atoms with Gasteiger partial charge in [-0.05, 0) is 49.6 Å². The van der Waals surface area contributed by atoms with Gasteiger partial charge in [-0.1, -0.05) is 90.4 Å². The largest absolute Gasteiger partial charge is 0.477 e. The monoisotopic (exact) mass is 1320 g/mol. The summed E-state index contributed by atoms with van der Waals surface area (Å²) in [5, 5.41) is 106. The molecule has 29 nitrogen and oxygen atoms in total. The number of likely N-dealkylation sites (N-methyl/N-ethyl adjacent to an activating group) is 2. The van der Waals surface area contributed by atoms with Crippen LogP contribution in [0.3, 0.4) is 0 Å². The second kappa shape index (κ2) is 35.7. The van der Waals surface area contributed by atoms with Crippen LogP contribution in [0.5, 0.6) is 0 Å². The van der Waals surface area contributed by atoms with Crippen LogP contribution in [0.15, 0.2) is 48.1 Å². The molecular formula is C62H100N10O19S. The van der Waals surface area contributed by atoms with Crippen molar-refractivity contribution in [1.29, 1.82) is 0 Å². The van der Waals surface area contributed by atoms with Crippen molar-refractivity contribution in [2.75, 3.05) is 55.1 Å². The maximum Gasteiger partial charge on any atom is 0.364 e. The lowest BCUT2D eigenvalue weighted by Gasteiger charge is -2.46. The summed E-state index contributed by atoms with van der Waals surface area (Å²) in [6.07, 6.45) is -10.9. The van der Waals surface area contributed by atoms with Crippen molar-refractivity contribution in [2.24, 2.45) is 23.7 Å². The van der Waals surface area contributed by atoms with Gasteiger partial charge in [-0.25, -0.2) is 14.5 Å². The van der Waals surface area contributed by atoms with Gasteiger partial charge >= 0.3 is 5.97 Å². The van der Waals surface area contributed by atoms with Gasteiger partial charge < -0.3 is 90.3 Å². The molecule has 4 heterocycles. The second-order valence-electron chi connectivity index (χ2n) is 25.0. The number of carbonyl (C=O) groups is 6. The molecule has 1 aromatic carbocycles. The SMILES string of the molecule is CCC(C)C(C(CC(=O)N1CCCC1C(OC)C(C)C(=O)NC(Cc1ccccc1)c1nccs1)OC)N(C)C(=O)C(NC(=O)C(C(C)C)N(C)CC(O)C(O)C(O)C(O)COCc1cn(CC(O)C(O)C2OC(OC)(C(=O)O)CC(O)C2NC(C)=O)nn1)C(C)C. The number of aliphatic hydroxyl groups excluding tert-OH is 7. The Hall–Kier alpha value is -5.71. The number of nitrogens with zero attached hydrogens (tertiary/aromatic N) is 7. The summed E-state index contributed by atoms with van der Waals surface area (Å²) in [6.45, 7) is 12.7. The van der Waals surface area contributed by atoms with E-state index < -0.39 is 158 Å². The summed E-state index contributed by atoms with van der Waals surface area (Å²) in [5.41, 5.74) is 1.18. The molecule has 2 saturated heterocycles. The minimum Gasteiger partial charge on any atom is -0.477 e. The van der Waals surface area contributed by atoms with Crippen LogP contribution in [0.1, 0.15) is 110 Å². The molecule has 11 N–H and O–H groups in total. The fourth-order valence-electron chi connectivity index (χ4n) is 12.4. The van der Waals surface area contributed by atoms with E-state index >= 15 is 0 Å². The van der Waals surface area contributed by atoms with E-state index in [2.05, 4.69) is 31.2 Å². The average molecular weight is 1320 g/mol. The van der Waals surface area contributed by atoms with E-state index in [1.807, 2.05) is 49.6 Å². The lowest BCUT2D eigenvalue weighted by atomic mass is 9.88. The van der Waals surface area contributed by atoms with E-state index in [0.717, 1.165) is 29.3 Å². The molecule has 2 aromatic heterocycles. The molecule has 19 atom stereocenters. The van der Waals surface area contributed by atoms with Crippen LogP contribution in [0.25, 0.3) is 0 Å². The molecule has 5 rings (SSSR count). The van der Waals surface area contributed by atoms with Gasteiger partial charge in [-0.2, -0.15) is 0 Å². The number of thiazole rings is 1. The first-order valence-corrected chi connectivity index (χ1v) is 32.2. The molecule has 518 valence electrons. The third-order valence-corrected chi connectivity index (χ3v) is 18.5. The first-order chi connectivity index (χ1) is 43.4. The zero-order valence-corrected chi connectivity index (χ0v) is 55.9. The van der Waals surface area contributed by atoms with Crippen LogP contribution in [-0.4, -0.2) is 263 Å². The summed E-state index contributed by atoms with van der Waals surface area (Å²) in [6, 6.07) is 5.00. The van der Waals surface area contributed by atoms with Crippen molar-refractivity contribution in [3.05, 3.63) is 64.4 Å². The number of aromatic nitrogens is 4. The predicted octanol–water partition coefficient (Wildman–Crippen LogP) is -0.384. The molecule has 0 bridgehead atoms. The van der Waals surface area contributed by atoms with Crippen molar-refractivity contribution < 1.29 is 93.3 Å². The molecule has 0 aliphatic carbocycles. The Bertz CT molecular complexity index is 2790. The standard InChI is InChI=1S/C62H100N10O19S/c1-14-35(6)51(46(87-11)26-47(78)72-23-18-21-41(72)55(88-12)36(7)57(82)65-40(59-63-22-24-92-59)25-38-19-16-15-17-20-38)70(10)60(84)48(33(2)3)66-58(83)50(34(4)5)69(9)29-43(75)52(79)53(80)45(77)32-90-31-39-28-71(68-67-39)30-44(76)54(81)56-49(64-37(8)73)42(74)27-62(89-13,91-56)61(85)86/h15-17,19-20,22,24,28,33-36,40-46,48-56,74-77,79-81H,14,18,21,23,25-27,29-32H2,1-13H3,(H,64,73)(H,65,82)(H,66,83)(H,85,86). The van der Waals surface area contributed by atoms with E-state index in [-0.39, 0.29) is 49.0 Å². The highest BCUT2D eigenvalue weighted by Crippen LogP contribution is 2.34. The molecule has 5 amide bonds. The Morgan fingerprint density at radius 2 is 1.57 bits per heavy atom. The van der Waals surface area contributed by atoms with Gasteiger partial charge in [0.1, 0.15) is 53.4 Å². The number of carboxylic acids is 1. The van der Waals surface area contributed by atoms with Gasteiger partial charge in [0.2, 0.25) is 29.5 Å². The lowest BCUT2D eigenvalue weighted by molar-refractivity contribution is -0.303. The zero-order chi connectivity index (χ0) is 68.5. The first kappa shape index (κ1) is 77.0. The fourth-order valence-corrected chi connectivity index (χ4v) is 13.1. The number of nitrogens with one attached hydrogen (secondary N) is 3. The van der Waals surface area contributed by atoms with Crippen molar-refractivity contribution >= 4 is 46.8 Å². The molecule has 2 aliphatic heterocycles. The Morgan fingerprint density at radius 3 is 2.14 bits per heavy atom. The number of rotatable bonds is 37. The van der Waals surface area contributed by atoms with Crippen molar-refractivity contribution in [3.8, 4) is 0 Å². The number of likely N-dealkylation sites (tertiary alicyclic amines) is 1. The van der Waals surface area contributed by atoms with Gasteiger partial charge in [0.25, 0.3) is 5.79 Å². The van der Waals surface area contributed by atoms with Gasteiger partial charge in [-0.15, -0.1) is 16.4 Å². The minimum atomic E-state index is -2.40. The van der Waals surface area contributed by atoms with Crippen molar-refractivity contribution in [2.45, 2.75) is 210 Å². The number of carboxylic acid groups (broad SMARTS) is 1. The van der Waals surface area contributed by atoms with Crippen LogP contribution < -0.4 is 16.0 Å². The summed E-state index contributed by atoms with van der Waals surface area (Å²) in [4.78, 5) is 91.2. The molecule has 3 aromatic rings. The van der Waals surface area contributed by atoms with Crippen LogP contribution >= 0.6 is 11.3 Å². The number of hydrogen-bond donors (Lipinski definition) is 11. The number of ether oxygens (including phenoxy) is 5. The van der Waals surface area contributed by atoms with Crippen LogP contribution in [0.4, 0.5) is 0 Å². The van der Waals surface area contributed by atoms with Crippen LogP contribution in [-0.2, 0) is 72.0 Å². The topological polar surface area (TPSA) is 400 Å². The number of aliphatic hydroxyl groups is 7. The summed E-state index contributed by atoms with van der Waals surface area (Å²) >= 11 is 1.46. The molecule has 2 fully saturated rings. The lowest BCUT2D eigenvalue weighted by Crippen LogP contribution is -2.67. The maximum absolute atomic E-state index is 14.8. The van der Waals surface area contributed by atoms with E-state index in [1.165, 1.54) is 36.6 Å². The molecular weight excluding hydrogens is 1220 g/mol. The normalized spacial score (nSPS) is 23.3. The van der Waals surface area contributed by atoms with E-state index in [1.54, 1.807) is 64.8 Å². The first-order valence-electron chi connectivity index (χ1n) is 31.3. The number of hydrogen-bond acceptors (Lipinski definition) is 23. The maximum atomic E-state index is 14.8. The van der Waals surface area contributed by atoms with Crippen LogP contribution in [0.2, 0.25) is 0 Å². The van der Waals surface area contributed by atoms with E-state index in [9.17, 15) is 69.6 Å². The Morgan fingerprint density at radius 1 is 0.891 bits per heavy atom. The summed E-state index contributed by atoms with van der Waals surface area (Å²) in [7, 11) is 7.22. The summed E-state index contributed by atoms with van der Waals surface area (Å²) in [5.74, 6) is -7.79. The van der Waals surface area contributed by atoms with Gasteiger partial charge in [0, 0.05) is 66.4 Å². The number of benzene rings is 1. The number of aliphatic carboxylic acids is 1. The van der Waals surface area contributed by atoms with E-state index in [4.69, 9.17) is 23.7 Å². The van der Waals surface area contributed by atoms with Gasteiger partial charge in [0.05, 0.1) is 92.9 Å². The quantitative estimate of drug-likeness (QED) is 0.0350. The minimum absolute atomic E-state index is 0.0920. The molecule has 92 heavy (non-hydrogen) atoms. The zero-order valence-electron chi connectivity index (χ0n) is 55.1. The molecule has 2 aliphatic rings. The number of carbonyl (C=O) groups excluding carboxylic acids is 5. The Labute approximate surface area is 542 Å². The molecule has 30 heteroatoms. The third kappa shape index (κ3) is 19.9. The van der Waals surface area contributed by atoms with Crippen molar-refractivity contribution in [3.63, 3.8) is 0 Å². The van der Waals surface area contributed by atoms with Crippen molar-refractivity contribution in [1.82, 2.24) is 50.6 Å². The van der Waals surface area contributed by atoms with Crippen LogP contribution in [0, 0.1) is 23.7 Å². The average Bonchev–Trinajstić information content (AvgIpc) is 0.977. The fraction of sp³-hybridized carbons (Fsp3) is 0.726. The molecule has 0 radical (unpaired) electrons. The highest BCUT2D eigenvalue weighted by molar-refractivity contribution is 7.09. The number of amides is 5. The third-order valence-electron chi connectivity index (χ3n) is 17.7. The summed E-state index contributed by atoms with van der Waals surface area (Å²) < 4.78 is 29.4. The van der Waals surface area contributed by atoms with Gasteiger partial charge in [-0.3, -0.25) is 28.9 Å². The number of methoxy groups -OCH3 is 3. The smallest absolute Gasteiger partial charge is 0.364 e. The Kier molecular flexibility index (Phi) is 29.9. The Balaban J connectivity index is 1.16. The molecule has 0 spiro atoms. The van der Waals surface area contributed by atoms with E-state index in [0.29, 0.717) is 32.2 Å². The highest BCUT2D eigenvalue weighted by atomic mass is 32.1. The highest BCUT2D eigenvalue weighted by Gasteiger charge is 2.55. The molecule has 19 unspecified atom stereocenters.